The second kappa shape index (κ2) is 8.82. The maximum Gasteiger partial charge on any atom is 0.234 e. The van der Waals surface area contributed by atoms with Gasteiger partial charge in [0, 0.05) is 23.0 Å². The fraction of sp³-hybridized carbons (Fsp3) is 0.579. The number of piperidine rings is 1. The summed E-state index contributed by atoms with van der Waals surface area (Å²) >= 11 is 5.82. The molecule has 1 aromatic rings. The largest absolute Gasteiger partial charge is 0.352 e. The molecule has 1 aliphatic rings. The SMILES string of the molecule is CC(C)(C)NC(=O)CN1CCC(C(=O)NCc2cc(F)cc(Cl)c2)CC1. The van der Waals surface area contributed by atoms with Crippen LogP contribution in [0, 0.1) is 11.7 Å². The van der Waals surface area contributed by atoms with Gasteiger partial charge in [0.25, 0.3) is 0 Å². The van der Waals surface area contributed by atoms with E-state index >= 15 is 0 Å². The van der Waals surface area contributed by atoms with E-state index < -0.39 is 5.82 Å². The molecule has 2 rings (SSSR count). The van der Waals surface area contributed by atoms with Crippen molar-refractivity contribution in [2.24, 2.45) is 5.92 Å². The van der Waals surface area contributed by atoms with E-state index in [1.807, 2.05) is 20.8 Å². The van der Waals surface area contributed by atoms with Crippen LogP contribution in [0.5, 0.6) is 0 Å². The molecular formula is C19H27ClFN3O2. The summed E-state index contributed by atoms with van der Waals surface area (Å²) < 4.78 is 13.3. The number of hydrogen-bond donors (Lipinski definition) is 2. The summed E-state index contributed by atoms with van der Waals surface area (Å²) in [7, 11) is 0. The maximum atomic E-state index is 13.3. The van der Waals surface area contributed by atoms with Gasteiger partial charge in [0.05, 0.1) is 6.54 Å². The standard InChI is InChI=1S/C19H27ClFN3O2/c1-19(2,3)23-17(25)12-24-6-4-14(5-7-24)18(26)22-11-13-8-15(20)10-16(21)9-13/h8-10,14H,4-7,11-12H2,1-3H3,(H,22,26)(H,23,25). The van der Waals surface area contributed by atoms with Crippen molar-refractivity contribution in [1.82, 2.24) is 15.5 Å². The van der Waals surface area contributed by atoms with Gasteiger partial charge in [0.1, 0.15) is 5.82 Å². The summed E-state index contributed by atoms with van der Waals surface area (Å²) in [5, 5.41) is 6.11. The maximum absolute atomic E-state index is 13.3. The number of benzene rings is 1. The summed E-state index contributed by atoms with van der Waals surface area (Å²) in [5.74, 6) is -0.530. The van der Waals surface area contributed by atoms with Crippen molar-refractivity contribution >= 4 is 23.4 Å². The van der Waals surface area contributed by atoms with Gasteiger partial charge in [-0.1, -0.05) is 11.6 Å². The lowest BCUT2D eigenvalue weighted by Crippen LogP contribution is -2.48. The Morgan fingerprint density at radius 2 is 1.88 bits per heavy atom. The monoisotopic (exact) mass is 383 g/mol. The number of halogens is 2. The van der Waals surface area contributed by atoms with E-state index in [1.54, 1.807) is 6.07 Å². The molecule has 1 saturated heterocycles. The van der Waals surface area contributed by atoms with Crippen molar-refractivity contribution in [3.63, 3.8) is 0 Å². The molecular weight excluding hydrogens is 357 g/mol. The Balaban J connectivity index is 1.75. The minimum Gasteiger partial charge on any atom is -0.352 e. The number of likely N-dealkylation sites (tertiary alicyclic amines) is 1. The van der Waals surface area contributed by atoms with E-state index in [0.717, 1.165) is 0 Å². The quantitative estimate of drug-likeness (QED) is 0.821. The summed E-state index contributed by atoms with van der Waals surface area (Å²) in [6, 6.07) is 4.24. The average molecular weight is 384 g/mol. The first-order chi connectivity index (χ1) is 12.1. The topological polar surface area (TPSA) is 61.4 Å². The minimum absolute atomic E-state index is 0.00313. The number of carbonyl (C=O) groups excluding carboxylic acids is 2. The third-order valence-corrected chi connectivity index (χ3v) is 4.45. The molecule has 2 amide bonds. The molecule has 0 bridgehead atoms. The number of hydrogen-bond acceptors (Lipinski definition) is 3. The second-order valence-electron chi connectivity index (χ2n) is 7.84. The van der Waals surface area contributed by atoms with Crippen LogP contribution in [0.3, 0.4) is 0 Å². The van der Waals surface area contributed by atoms with Crippen molar-refractivity contribution in [3.8, 4) is 0 Å². The zero-order valence-corrected chi connectivity index (χ0v) is 16.3. The van der Waals surface area contributed by atoms with Crippen LogP contribution in [0.15, 0.2) is 18.2 Å². The number of carbonyl (C=O) groups is 2. The zero-order valence-electron chi connectivity index (χ0n) is 15.6. The number of nitrogens with one attached hydrogen (secondary N) is 2. The predicted molar refractivity (Wildman–Crippen MR) is 100 cm³/mol. The lowest BCUT2D eigenvalue weighted by molar-refractivity contribution is -0.127. The third-order valence-electron chi connectivity index (χ3n) is 4.23. The fourth-order valence-electron chi connectivity index (χ4n) is 3.06. The molecule has 26 heavy (non-hydrogen) atoms. The Bertz CT molecular complexity index is 632. The highest BCUT2D eigenvalue weighted by Crippen LogP contribution is 2.18. The molecule has 0 unspecified atom stereocenters. The number of amides is 2. The molecule has 0 spiro atoms. The first-order valence-electron chi connectivity index (χ1n) is 8.88. The van der Waals surface area contributed by atoms with E-state index in [9.17, 15) is 14.0 Å². The van der Waals surface area contributed by atoms with E-state index in [4.69, 9.17) is 11.6 Å². The smallest absolute Gasteiger partial charge is 0.234 e. The summed E-state index contributed by atoms with van der Waals surface area (Å²) in [6.45, 7) is 7.88. The number of rotatable bonds is 5. The highest BCUT2D eigenvalue weighted by Gasteiger charge is 2.26. The van der Waals surface area contributed by atoms with Crippen LogP contribution in [0.2, 0.25) is 5.02 Å². The predicted octanol–water partition coefficient (Wildman–Crippen LogP) is 2.72. The van der Waals surface area contributed by atoms with E-state index in [2.05, 4.69) is 15.5 Å². The van der Waals surface area contributed by atoms with Gasteiger partial charge in [-0.15, -0.1) is 0 Å². The lowest BCUT2D eigenvalue weighted by Gasteiger charge is -2.31. The molecule has 1 aromatic carbocycles. The van der Waals surface area contributed by atoms with Crippen LogP contribution < -0.4 is 10.6 Å². The van der Waals surface area contributed by atoms with Crippen molar-refractivity contribution in [2.45, 2.75) is 45.7 Å². The van der Waals surface area contributed by atoms with Crippen LogP contribution in [0.4, 0.5) is 4.39 Å². The van der Waals surface area contributed by atoms with Crippen molar-refractivity contribution < 1.29 is 14.0 Å². The molecule has 5 nitrogen and oxygen atoms in total. The fourth-order valence-corrected chi connectivity index (χ4v) is 3.31. The van der Waals surface area contributed by atoms with Gasteiger partial charge in [-0.2, -0.15) is 0 Å². The van der Waals surface area contributed by atoms with E-state index in [-0.39, 0.29) is 29.8 Å². The van der Waals surface area contributed by atoms with Gasteiger partial charge < -0.3 is 10.6 Å². The highest BCUT2D eigenvalue weighted by molar-refractivity contribution is 6.30. The molecule has 2 N–H and O–H groups in total. The molecule has 144 valence electrons. The summed E-state index contributed by atoms with van der Waals surface area (Å²) in [6.07, 6.45) is 1.41. The molecule has 1 fully saturated rings. The van der Waals surface area contributed by atoms with Crippen molar-refractivity contribution in [3.05, 3.63) is 34.6 Å². The Kier molecular flexibility index (Phi) is 7.01. The van der Waals surface area contributed by atoms with E-state index in [0.29, 0.717) is 43.1 Å². The molecule has 0 radical (unpaired) electrons. The first kappa shape index (κ1) is 20.6. The van der Waals surface area contributed by atoms with Crippen LogP contribution in [0.1, 0.15) is 39.2 Å². The Hall–Kier alpha value is -1.66. The third kappa shape index (κ3) is 6.92. The molecule has 0 saturated carbocycles. The highest BCUT2D eigenvalue weighted by atomic mass is 35.5. The second-order valence-corrected chi connectivity index (χ2v) is 8.28. The van der Waals surface area contributed by atoms with Gasteiger partial charge >= 0.3 is 0 Å². The molecule has 0 aromatic heterocycles. The number of nitrogens with zero attached hydrogens (tertiary/aromatic N) is 1. The van der Waals surface area contributed by atoms with Gasteiger partial charge in [-0.05, 0) is 70.5 Å². The molecule has 7 heteroatoms. The lowest BCUT2D eigenvalue weighted by atomic mass is 9.95. The van der Waals surface area contributed by atoms with Crippen LogP contribution in [-0.4, -0.2) is 41.9 Å². The average Bonchev–Trinajstić information content (AvgIpc) is 2.50. The van der Waals surface area contributed by atoms with Gasteiger partial charge in [-0.25, -0.2) is 4.39 Å². The van der Waals surface area contributed by atoms with Gasteiger partial charge in [0.15, 0.2) is 0 Å². The van der Waals surface area contributed by atoms with Crippen molar-refractivity contribution in [2.75, 3.05) is 19.6 Å². The van der Waals surface area contributed by atoms with Crippen molar-refractivity contribution in [1.29, 1.82) is 0 Å². The van der Waals surface area contributed by atoms with Gasteiger partial charge in [-0.3, -0.25) is 14.5 Å². The zero-order chi connectivity index (χ0) is 19.3. The Labute approximate surface area is 159 Å². The summed E-state index contributed by atoms with van der Waals surface area (Å²) in [5.41, 5.74) is 0.398. The normalized spacial score (nSPS) is 16.3. The molecule has 0 atom stereocenters. The summed E-state index contributed by atoms with van der Waals surface area (Å²) in [4.78, 5) is 26.4. The Morgan fingerprint density at radius 1 is 1.23 bits per heavy atom. The molecule has 1 aliphatic heterocycles. The Morgan fingerprint density at radius 3 is 2.46 bits per heavy atom. The van der Waals surface area contributed by atoms with Gasteiger partial charge in [0.2, 0.25) is 11.8 Å². The first-order valence-corrected chi connectivity index (χ1v) is 9.26. The van der Waals surface area contributed by atoms with E-state index in [1.165, 1.54) is 12.1 Å². The molecule has 0 aliphatic carbocycles. The van der Waals surface area contributed by atoms with Crippen LogP contribution in [-0.2, 0) is 16.1 Å². The van der Waals surface area contributed by atoms with Crippen LogP contribution >= 0.6 is 11.6 Å². The van der Waals surface area contributed by atoms with Crippen LogP contribution in [0.25, 0.3) is 0 Å². The molecule has 1 heterocycles. The minimum atomic E-state index is -0.413.